The molecule has 0 unspecified atom stereocenters. The van der Waals surface area contributed by atoms with Crippen LogP contribution in [-0.2, 0) is 47.1 Å². The molecule has 0 saturated heterocycles. The van der Waals surface area contributed by atoms with Crippen LogP contribution in [0, 0.1) is 82.1 Å². The fourth-order valence-electron chi connectivity index (χ4n) is 16.6. The van der Waals surface area contributed by atoms with Crippen molar-refractivity contribution in [1.82, 2.24) is 0 Å². The van der Waals surface area contributed by atoms with Crippen LogP contribution in [0.1, 0.15) is 170 Å². The molecule has 0 atom stereocenters. The molecule has 10 heteroatoms. The van der Waals surface area contributed by atoms with Gasteiger partial charge in [-0.05, 0) is 0 Å². The van der Waals surface area contributed by atoms with E-state index in [1.165, 1.54) is 153 Å². The van der Waals surface area contributed by atoms with Crippen LogP contribution in [0.3, 0.4) is 0 Å². The van der Waals surface area contributed by atoms with Crippen molar-refractivity contribution in [1.29, 1.82) is 0 Å². The molecule has 0 N–H and O–H groups in total. The summed E-state index contributed by atoms with van der Waals surface area (Å²) in [6.45, 7) is 45.1. The average molecular weight is 1810 g/mol. The minimum absolute atomic E-state index is 0.177. The second kappa shape index (κ2) is 38.8. The molecular weight excluding hydrogens is 1660 g/mol. The Bertz CT molecular complexity index is 4950. The Morgan fingerprint density at radius 2 is 0.589 bits per heavy atom. The van der Waals surface area contributed by atoms with Crippen molar-refractivity contribution in [2.75, 3.05) is 0 Å². The van der Waals surface area contributed by atoms with E-state index in [0.29, 0.717) is 17.8 Å². The number of hydrogen-bond acceptors (Lipinski definition) is 0. The molecule has 10 aromatic rings. The van der Waals surface area contributed by atoms with Gasteiger partial charge in [0.2, 0.25) is 0 Å². The summed E-state index contributed by atoms with van der Waals surface area (Å²) < 4.78 is 19.5. The van der Waals surface area contributed by atoms with E-state index in [4.69, 9.17) is 0 Å². The van der Waals surface area contributed by atoms with Crippen molar-refractivity contribution >= 4 is 88.3 Å². The van der Waals surface area contributed by atoms with Crippen LogP contribution in [0.25, 0.3) is 56.3 Å². The molecule has 0 saturated carbocycles. The van der Waals surface area contributed by atoms with E-state index >= 15 is 0 Å². The van der Waals surface area contributed by atoms with Crippen molar-refractivity contribution in [3.63, 3.8) is 0 Å². The first-order valence-electron chi connectivity index (χ1n) is 42.0. The second-order valence-corrected chi connectivity index (χ2v) is 93.1. The SMILES string of the molecule is CCC(CC)c1ccc(C)c(-c2c[c]([Ge]([CH3])([CH3])[CH3])c(C)c[n+]2C)c1.Cc1cc(C(C)C)ccc1-c1c[c]([Ge]([CH3])([CH3])[CH3])c(C)c[n+]1C.Cc1cc(CC(C)C)ccc1-c1c[c]([Ge]([CH3])([CH3])[CH3])c(C)c[n+]1C.Cc1ccc(-c2c[c]([Ge]([CH3])([CH3])[CH3])c(C)c[n+]2C)c(C)c1.Cc1ccc(C(C)(C)C)cc1-c1c[c]([Ge]([CH3])([CH3])[CH3])c(C)c[n+]1C. The van der Waals surface area contributed by atoms with Gasteiger partial charge >= 0.3 is 706 Å². The van der Waals surface area contributed by atoms with Crippen molar-refractivity contribution in [3.8, 4) is 56.3 Å². The van der Waals surface area contributed by atoms with E-state index in [2.05, 4.69) is 435 Å². The van der Waals surface area contributed by atoms with Gasteiger partial charge in [-0.1, -0.05) is 0 Å². The van der Waals surface area contributed by atoms with Crippen LogP contribution in [0.2, 0.25) is 86.3 Å². The molecule has 5 heterocycles. The van der Waals surface area contributed by atoms with Crippen LogP contribution in [0.15, 0.2) is 152 Å². The van der Waals surface area contributed by atoms with E-state index in [0.717, 1.165) is 6.42 Å². The normalized spacial score (nSPS) is 12.1. The van der Waals surface area contributed by atoms with Gasteiger partial charge in [-0.3, -0.25) is 0 Å². The van der Waals surface area contributed by atoms with Crippen LogP contribution in [0.5, 0.6) is 0 Å². The van der Waals surface area contributed by atoms with Crippen LogP contribution in [0.4, 0.5) is 0 Å². The quantitative estimate of drug-likeness (QED) is 0.0679. The summed E-state index contributed by atoms with van der Waals surface area (Å²) in [6.07, 6.45) is 15.1. The summed E-state index contributed by atoms with van der Waals surface area (Å²) in [6, 6.07) is 47.0. The van der Waals surface area contributed by atoms with Gasteiger partial charge in [-0.25, -0.2) is 0 Å². The molecule has 5 aromatic carbocycles. The van der Waals surface area contributed by atoms with Gasteiger partial charge in [0.15, 0.2) is 0 Å². The molecule has 5 aromatic heterocycles. The topological polar surface area (TPSA) is 19.4 Å². The Morgan fingerprint density at radius 3 is 0.884 bits per heavy atom. The first-order chi connectivity index (χ1) is 51.5. The zero-order valence-corrected chi connectivity index (χ0v) is 89.0. The molecule has 10 rings (SSSR count). The number of benzene rings is 5. The maximum absolute atomic E-state index is 2.49. The average Bonchev–Trinajstić information content (AvgIpc) is 0.804. The predicted molar refractivity (Wildman–Crippen MR) is 507 cm³/mol. The van der Waals surface area contributed by atoms with Gasteiger partial charge < -0.3 is 0 Å². The van der Waals surface area contributed by atoms with Crippen molar-refractivity contribution in [2.24, 2.45) is 41.2 Å². The second-order valence-electron chi connectivity index (χ2n) is 40.2. The molecule has 0 aliphatic rings. The summed E-state index contributed by atoms with van der Waals surface area (Å²) in [5, 5.41) is 0. The molecule has 0 spiro atoms. The molecule has 5 nitrogen and oxygen atoms in total. The van der Waals surface area contributed by atoms with Crippen LogP contribution < -0.4 is 44.8 Å². The fourth-order valence-corrected chi connectivity index (χ4v) is 35.7. The summed E-state index contributed by atoms with van der Waals surface area (Å²) in [5.74, 6) is 39.1. The third-order valence-electron chi connectivity index (χ3n) is 22.8. The third kappa shape index (κ3) is 25.1. The Labute approximate surface area is 699 Å². The number of hydrogen-bond donors (Lipinski definition) is 0. The summed E-state index contributed by atoms with van der Waals surface area (Å²) >= 11 is -9.27. The van der Waals surface area contributed by atoms with Gasteiger partial charge in [0.25, 0.3) is 0 Å². The maximum atomic E-state index is 2.49. The number of rotatable bonds is 16. The molecule has 0 aliphatic heterocycles. The van der Waals surface area contributed by atoms with E-state index < -0.39 is 66.3 Å². The fraction of sp³-hybridized carbons (Fsp3) is 0.461. The number of pyridine rings is 5. The van der Waals surface area contributed by atoms with Gasteiger partial charge in [0, 0.05) is 0 Å². The van der Waals surface area contributed by atoms with E-state index in [-0.39, 0.29) is 5.41 Å². The van der Waals surface area contributed by atoms with Crippen molar-refractivity contribution < 1.29 is 22.8 Å². The molecule has 602 valence electrons. The van der Waals surface area contributed by atoms with Gasteiger partial charge in [0.1, 0.15) is 0 Å². The molecule has 0 radical (unpaired) electrons. The molecule has 0 amide bonds. The molecule has 0 fully saturated rings. The van der Waals surface area contributed by atoms with Crippen molar-refractivity contribution in [3.05, 3.63) is 236 Å². The number of aryl methyl sites for hydroxylation is 16. The Balaban J connectivity index is 0.000000218. The summed E-state index contributed by atoms with van der Waals surface area (Å²) in [4.78, 5) is 0. The Morgan fingerprint density at radius 1 is 0.295 bits per heavy atom. The van der Waals surface area contributed by atoms with Gasteiger partial charge in [0.05, 0.1) is 0 Å². The van der Waals surface area contributed by atoms with E-state index in [1.54, 1.807) is 22.0 Å². The standard InChI is InChI=1S/C22H34GeN.2C21H32GeN.C20H30GeN.C18H26GeN/c1-9-18(10-2)19-12-11-16(3)20(13-19)22-14-21(23(5,6)7)17(4)15-24(22)8;1-15-10-11-17(21(3,4)5)12-18(15)20-13-19(22(6,7)8)16(2)14-23(20)9;1-15(2)11-18-9-10-19(16(3)12-18)21-13-20(22(5,6)7)17(4)14-23(21)8;1-14(2)17-9-10-18(15(3)11-17)20-12-19(21(5,6)7)16(4)13-22(20)8;1-13-8-9-16(14(2)10-13)18-11-17(19(4,5)6)15(3)12-20(18)7/h11-15,18H,9-10H2,1-8H3;10-14H,1-9H3;9-10,12-15H,11H2,1-8H3;9-14H,1-8H3;8-12H,1-7H3/q5*+1. The monoisotopic (exact) mass is 1820 g/mol. The predicted octanol–water partition coefficient (Wildman–Crippen LogP) is 22.5. The number of nitrogens with zero attached hydrogens (tertiary/aromatic N) is 5. The molecule has 112 heavy (non-hydrogen) atoms. The zero-order valence-electron chi connectivity index (χ0n) is 78.5. The first-order valence-corrected chi connectivity index (χ1v) is 78.8. The Hall–Kier alpha value is -5.44. The zero-order chi connectivity index (χ0) is 84.7. The molecular formula is C102H154Ge5N5+5. The summed E-state index contributed by atoms with van der Waals surface area (Å²) in [5.41, 5.74) is 34.9. The third-order valence-corrected chi connectivity index (χ3v) is 45.4. The molecule has 0 bridgehead atoms. The summed E-state index contributed by atoms with van der Waals surface area (Å²) in [7, 11) is 10.8. The van der Waals surface area contributed by atoms with Crippen molar-refractivity contribution in [2.45, 2.75) is 261 Å². The minimum atomic E-state index is -1.87. The Kier molecular flexibility index (Phi) is 33.0. The van der Waals surface area contributed by atoms with Gasteiger partial charge in [-0.15, -0.1) is 0 Å². The first kappa shape index (κ1) is 95.4. The number of aromatic nitrogens is 5. The van der Waals surface area contributed by atoms with Gasteiger partial charge in [-0.2, -0.15) is 0 Å². The van der Waals surface area contributed by atoms with Crippen LogP contribution in [-0.4, -0.2) is 66.3 Å². The van der Waals surface area contributed by atoms with E-state index in [1.807, 2.05) is 0 Å². The molecule has 0 aliphatic carbocycles. The van der Waals surface area contributed by atoms with Crippen LogP contribution >= 0.6 is 0 Å². The van der Waals surface area contributed by atoms with E-state index in [9.17, 15) is 0 Å².